The highest BCUT2D eigenvalue weighted by atomic mass is 35.5. The SMILES string of the molecule is O=C(Nc1cc(F)c(F)c(F)c1)c1ccc(Cl)c(S(=O)(=O)[C@H]2C3CCC2C[C@@](O)(C#Cc2ccncc2)C3)c1. The fourth-order valence-corrected chi connectivity index (χ4v) is 8.44. The van der Waals surface area contributed by atoms with Gasteiger partial charge in [0.2, 0.25) is 0 Å². The van der Waals surface area contributed by atoms with Crippen molar-refractivity contribution in [2.45, 2.75) is 41.4 Å². The largest absolute Gasteiger partial charge is 0.378 e. The molecule has 2 saturated carbocycles. The molecule has 11 heteroatoms. The van der Waals surface area contributed by atoms with Crippen LogP contribution in [0.3, 0.4) is 0 Å². The highest BCUT2D eigenvalue weighted by molar-refractivity contribution is 7.92. The molecule has 2 bridgehead atoms. The van der Waals surface area contributed by atoms with Crippen LogP contribution in [0, 0.1) is 41.1 Å². The van der Waals surface area contributed by atoms with Crippen LogP contribution < -0.4 is 5.32 Å². The van der Waals surface area contributed by atoms with E-state index in [-0.39, 0.29) is 45.8 Å². The van der Waals surface area contributed by atoms with Crippen LogP contribution in [-0.4, -0.2) is 35.3 Å². The Balaban J connectivity index is 1.39. The van der Waals surface area contributed by atoms with Crippen molar-refractivity contribution in [2.75, 3.05) is 5.32 Å². The van der Waals surface area contributed by atoms with E-state index in [1.807, 2.05) is 0 Å². The van der Waals surface area contributed by atoms with E-state index in [0.29, 0.717) is 30.5 Å². The van der Waals surface area contributed by atoms with Crippen molar-refractivity contribution in [3.05, 3.63) is 88.5 Å². The van der Waals surface area contributed by atoms with Gasteiger partial charge < -0.3 is 10.4 Å². The molecule has 2 fully saturated rings. The summed E-state index contributed by atoms with van der Waals surface area (Å²) >= 11 is 6.28. The number of anilines is 1. The maximum atomic E-state index is 13.8. The van der Waals surface area contributed by atoms with Crippen LogP contribution in [0.2, 0.25) is 5.02 Å². The number of hydrogen-bond acceptors (Lipinski definition) is 5. The average molecular weight is 575 g/mol. The van der Waals surface area contributed by atoms with Gasteiger partial charge in [0.05, 0.1) is 15.2 Å². The molecular formula is C28H22ClF3N2O4S. The lowest BCUT2D eigenvalue weighted by Crippen LogP contribution is -2.45. The summed E-state index contributed by atoms with van der Waals surface area (Å²) in [5, 5.41) is 12.5. The molecule has 2 aliphatic rings. The Morgan fingerprint density at radius 3 is 2.26 bits per heavy atom. The quantitative estimate of drug-likeness (QED) is 0.332. The number of pyridine rings is 1. The van der Waals surface area contributed by atoms with Gasteiger partial charge in [0.25, 0.3) is 5.91 Å². The van der Waals surface area contributed by atoms with Crippen molar-refractivity contribution >= 4 is 33.0 Å². The minimum atomic E-state index is -4.04. The molecule has 39 heavy (non-hydrogen) atoms. The number of halogens is 4. The van der Waals surface area contributed by atoms with Crippen LogP contribution in [0.25, 0.3) is 0 Å². The lowest BCUT2D eigenvalue weighted by Gasteiger charge is -2.38. The van der Waals surface area contributed by atoms with Crippen LogP contribution >= 0.6 is 11.6 Å². The van der Waals surface area contributed by atoms with Gasteiger partial charge in [-0.05, 0) is 67.9 Å². The highest BCUT2D eigenvalue weighted by Gasteiger charge is 2.54. The molecule has 0 aliphatic heterocycles. The van der Waals surface area contributed by atoms with Crippen LogP contribution in [0.15, 0.2) is 59.8 Å². The van der Waals surface area contributed by atoms with Gasteiger partial charge >= 0.3 is 0 Å². The van der Waals surface area contributed by atoms with Gasteiger partial charge in [-0.15, -0.1) is 0 Å². The van der Waals surface area contributed by atoms with Crippen molar-refractivity contribution in [2.24, 2.45) is 11.8 Å². The molecule has 6 nitrogen and oxygen atoms in total. The summed E-state index contributed by atoms with van der Waals surface area (Å²) in [6.45, 7) is 0. The van der Waals surface area contributed by atoms with Crippen molar-refractivity contribution < 1.29 is 31.5 Å². The van der Waals surface area contributed by atoms with Crippen molar-refractivity contribution in [3.63, 3.8) is 0 Å². The summed E-state index contributed by atoms with van der Waals surface area (Å²) in [5.74, 6) is -0.376. The average Bonchev–Trinajstić information content (AvgIpc) is 3.20. The van der Waals surface area contributed by atoms with Gasteiger partial charge in [0.15, 0.2) is 27.3 Å². The summed E-state index contributed by atoms with van der Waals surface area (Å²) in [6, 6.07) is 8.31. The maximum Gasteiger partial charge on any atom is 0.255 e. The lowest BCUT2D eigenvalue weighted by molar-refractivity contribution is 0.0340. The number of aromatic nitrogens is 1. The molecule has 0 saturated heterocycles. The van der Waals surface area contributed by atoms with Crippen LogP contribution in [0.5, 0.6) is 0 Å². The molecule has 5 rings (SSSR count). The first kappa shape index (κ1) is 27.2. The number of hydrogen-bond donors (Lipinski definition) is 2. The molecule has 0 radical (unpaired) electrons. The summed E-state index contributed by atoms with van der Waals surface area (Å²) in [6.07, 6.45) is 4.71. The summed E-state index contributed by atoms with van der Waals surface area (Å²) in [5.41, 5.74) is -1.11. The second-order valence-corrected chi connectivity index (χ2v) is 12.4. The van der Waals surface area contributed by atoms with Gasteiger partial charge in [0.1, 0.15) is 5.60 Å². The lowest BCUT2D eigenvalue weighted by atomic mass is 9.77. The second kappa shape index (κ2) is 10.3. The first-order chi connectivity index (χ1) is 18.5. The van der Waals surface area contributed by atoms with Gasteiger partial charge in [-0.1, -0.05) is 23.4 Å². The molecule has 1 heterocycles. The molecule has 1 aromatic heterocycles. The molecule has 2 aromatic carbocycles. The minimum absolute atomic E-state index is 0.0804. The molecule has 2 N–H and O–H groups in total. The third-order valence-corrected chi connectivity index (χ3v) is 10.1. The van der Waals surface area contributed by atoms with Crippen LogP contribution in [0.1, 0.15) is 41.6 Å². The van der Waals surface area contributed by atoms with Crippen molar-refractivity contribution in [3.8, 4) is 11.8 Å². The molecule has 202 valence electrons. The smallest absolute Gasteiger partial charge is 0.255 e. The normalized spacial score (nSPS) is 24.1. The van der Waals surface area contributed by atoms with Gasteiger partial charge in [-0.3, -0.25) is 9.78 Å². The molecule has 2 atom stereocenters. The third kappa shape index (κ3) is 5.39. The second-order valence-electron chi connectivity index (χ2n) is 9.89. The van der Waals surface area contributed by atoms with E-state index >= 15 is 0 Å². The zero-order valence-corrected chi connectivity index (χ0v) is 21.9. The van der Waals surface area contributed by atoms with E-state index in [0.717, 1.165) is 6.07 Å². The molecule has 3 aromatic rings. The van der Waals surface area contributed by atoms with E-state index in [9.17, 15) is 31.5 Å². The Bertz CT molecular complexity index is 1590. The number of amides is 1. The molecule has 1 amide bonds. The van der Waals surface area contributed by atoms with Crippen molar-refractivity contribution in [1.82, 2.24) is 4.98 Å². The summed E-state index contributed by atoms with van der Waals surface area (Å²) < 4.78 is 68.0. The van der Waals surface area contributed by atoms with Gasteiger partial charge in [-0.25, -0.2) is 21.6 Å². The van der Waals surface area contributed by atoms with E-state index in [4.69, 9.17) is 11.6 Å². The number of benzene rings is 2. The third-order valence-electron chi connectivity index (χ3n) is 7.26. The highest BCUT2D eigenvalue weighted by Crippen LogP contribution is 2.51. The zero-order chi connectivity index (χ0) is 27.9. The molecular weight excluding hydrogens is 553 g/mol. The number of carbonyl (C=O) groups is 1. The zero-order valence-electron chi connectivity index (χ0n) is 20.3. The van der Waals surface area contributed by atoms with E-state index < -0.39 is 44.0 Å². The standard InChI is InChI=1S/C28H22ClF3N2O4S/c29-21-4-3-17(27(35)34-20-12-22(30)25(32)23(31)13-20)11-24(21)39(37,38)26-18-1-2-19(26)15-28(36,14-18)8-5-16-6-9-33-10-7-16/h3-4,6-7,9-13,18-19,26,36H,1-2,14-15H2,(H,34,35)/t18?,19?,26-,28+. The van der Waals surface area contributed by atoms with Gasteiger partial charge in [0, 0.05) is 41.3 Å². The summed E-state index contributed by atoms with van der Waals surface area (Å²) in [4.78, 5) is 16.5. The van der Waals surface area contributed by atoms with E-state index in [2.05, 4.69) is 22.1 Å². The maximum absolute atomic E-state index is 13.8. The molecule has 0 spiro atoms. The predicted octanol–water partition coefficient (Wildman–Crippen LogP) is 5.15. The minimum Gasteiger partial charge on any atom is -0.378 e. The number of fused-ring (bicyclic) bond motifs is 2. The number of aliphatic hydroxyl groups is 1. The number of nitrogens with one attached hydrogen (secondary N) is 1. The Kier molecular flexibility index (Phi) is 7.18. The van der Waals surface area contributed by atoms with E-state index in [1.165, 1.54) is 12.1 Å². The Labute approximate surface area is 228 Å². The fraction of sp³-hybridized carbons (Fsp3) is 0.286. The number of rotatable bonds is 4. The number of carbonyl (C=O) groups excluding carboxylic acids is 1. The monoisotopic (exact) mass is 574 g/mol. The topological polar surface area (TPSA) is 96.4 Å². The first-order valence-corrected chi connectivity index (χ1v) is 14.0. The van der Waals surface area contributed by atoms with Crippen LogP contribution in [-0.2, 0) is 9.84 Å². The van der Waals surface area contributed by atoms with Crippen molar-refractivity contribution in [1.29, 1.82) is 0 Å². The van der Waals surface area contributed by atoms with Crippen LogP contribution in [0.4, 0.5) is 18.9 Å². The Morgan fingerprint density at radius 2 is 1.64 bits per heavy atom. The predicted molar refractivity (Wildman–Crippen MR) is 138 cm³/mol. The van der Waals surface area contributed by atoms with Gasteiger partial charge in [-0.2, -0.15) is 0 Å². The van der Waals surface area contributed by atoms with E-state index in [1.54, 1.807) is 24.5 Å². The fourth-order valence-electron chi connectivity index (χ4n) is 5.60. The Morgan fingerprint density at radius 1 is 1.03 bits per heavy atom. The molecule has 2 unspecified atom stereocenters. The summed E-state index contributed by atoms with van der Waals surface area (Å²) in [7, 11) is -4.04. The number of nitrogens with zero attached hydrogens (tertiary/aromatic N) is 1. The number of sulfone groups is 1. The molecule has 2 aliphatic carbocycles. The Hall–Kier alpha value is -3.39. The first-order valence-electron chi connectivity index (χ1n) is 12.1.